The van der Waals surface area contributed by atoms with Gasteiger partial charge < -0.3 is 10.4 Å². The Balaban J connectivity index is 2.33. The molecule has 0 aliphatic heterocycles. The number of rotatable bonds is 5. The van der Waals surface area contributed by atoms with Crippen LogP contribution in [0.1, 0.15) is 17.4 Å². The van der Waals surface area contributed by atoms with Crippen molar-refractivity contribution in [1.29, 1.82) is 0 Å². The lowest BCUT2D eigenvalue weighted by molar-refractivity contribution is -0.114. The lowest BCUT2D eigenvalue weighted by Gasteiger charge is -2.19. The van der Waals surface area contributed by atoms with Gasteiger partial charge in [0.25, 0.3) is 10.0 Å². The number of nitrogens with zero attached hydrogens (tertiary/aromatic N) is 2. The zero-order valence-corrected chi connectivity index (χ0v) is 13.7. The van der Waals surface area contributed by atoms with Crippen LogP contribution in [0.5, 0.6) is 0 Å². The van der Waals surface area contributed by atoms with E-state index >= 15 is 0 Å². The van der Waals surface area contributed by atoms with Gasteiger partial charge in [-0.3, -0.25) is 9.10 Å². The first kappa shape index (κ1) is 17.4. The second-order valence-electron chi connectivity index (χ2n) is 4.88. The molecule has 0 saturated carbocycles. The van der Waals surface area contributed by atoms with Crippen molar-refractivity contribution in [3.8, 4) is 0 Å². The molecule has 2 rings (SSSR count). The highest BCUT2D eigenvalue weighted by molar-refractivity contribution is 7.92. The number of aromatic nitrogens is 1. The fourth-order valence-corrected chi connectivity index (χ4v) is 3.13. The molecule has 9 heteroatoms. The molecule has 8 nitrogen and oxygen atoms in total. The van der Waals surface area contributed by atoms with Gasteiger partial charge in [0, 0.05) is 25.9 Å². The topological polar surface area (TPSA) is 117 Å². The third kappa shape index (κ3) is 3.69. The second kappa shape index (κ2) is 6.67. The molecule has 0 bridgehead atoms. The Morgan fingerprint density at radius 3 is 2.33 bits per heavy atom. The molecule has 0 aliphatic rings. The van der Waals surface area contributed by atoms with Crippen molar-refractivity contribution in [2.24, 2.45) is 0 Å². The first-order chi connectivity index (χ1) is 11.2. The summed E-state index contributed by atoms with van der Waals surface area (Å²) in [6, 6.07) is 8.22. The number of pyridine rings is 1. The van der Waals surface area contributed by atoms with E-state index in [0.717, 1.165) is 4.31 Å². The van der Waals surface area contributed by atoms with E-state index in [4.69, 9.17) is 5.11 Å². The lowest BCUT2D eigenvalue weighted by atomic mass is 10.3. The number of carbonyl (C=O) groups excluding carboxylic acids is 1. The van der Waals surface area contributed by atoms with E-state index in [-0.39, 0.29) is 22.2 Å². The molecule has 1 aromatic carbocycles. The summed E-state index contributed by atoms with van der Waals surface area (Å²) in [7, 11) is -2.56. The molecule has 0 atom stereocenters. The van der Waals surface area contributed by atoms with Crippen LogP contribution in [0.15, 0.2) is 47.5 Å². The highest BCUT2D eigenvalue weighted by atomic mass is 32.2. The van der Waals surface area contributed by atoms with Crippen molar-refractivity contribution >= 4 is 33.3 Å². The minimum Gasteiger partial charge on any atom is -0.477 e. The molecule has 1 aromatic heterocycles. The number of hydrogen-bond donors (Lipinski definition) is 2. The first-order valence-electron chi connectivity index (χ1n) is 6.78. The van der Waals surface area contributed by atoms with E-state index in [2.05, 4.69) is 10.3 Å². The van der Waals surface area contributed by atoms with E-state index in [9.17, 15) is 18.0 Å². The fourth-order valence-electron chi connectivity index (χ4n) is 1.94. The van der Waals surface area contributed by atoms with Gasteiger partial charge in [-0.15, -0.1) is 0 Å². The third-order valence-corrected chi connectivity index (χ3v) is 4.96. The molecular weight excluding hydrogens is 334 g/mol. The number of benzene rings is 1. The van der Waals surface area contributed by atoms with Crippen LogP contribution in [0.25, 0.3) is 0 Å². The molecule has 126 valence electrons. The van der Waals surface area contributed by atoms with Crippen LogP contribution < -0.4 is 9.62 Å². The molecule has 0 unspecified atom stereocenters. The van der Waals surface area contributed by atoms with Gasteiger partial charge in [-0.25, -0.2) is 18.2 Å². The molecule has 1 heterocycles. The number of sulfonamides is 1. The number of aromatic carboxylic acids is 1. The zero-order valence-electron chi connectivity index (χ0n) is 12.9. The van der Waals surface area contributed by atoms with Gasteiger partial charge >= 0.3 is 5.97 Å². The van der Waals surface area contributed by atoms with Crippen LogP contribution in [0.2, 0.25) is 0 Å². The SMILES string of the molecule is CC(=O)Nc1ccc(S(=O)(=O)N(C)c2ccnc(C(=O)O)c2)cc1. The van der Waals surface area contributed by atoms with Crippen LogP contribution in [-0.2, 0) is 14.8 Å². The molecule has 0 fully saturated rings. The van der Waals surface area contributed by atoms with E-state index in [1.165, 1.54) is 56.6 Å². The number of hydrogen-bond acceptors (Lipinski definition) is 5. The van der Waals surface area contributed by atoms with Gasteiger partial charge in [0.05, 0.1) is 10.6 Å². The Labute approximate surface area is 138 Å². The summed E-state index contributed by atoms with van der Waals surface area (Å²) in [5.41, 5.74) is 0.394. The van der Waals surface area contributed by atoms with Gasteiger partial charge in [0.15, 0.2) is 0 Å². The summed E-state index contributed by atoms with van der Waals surface area (Å²) in [6.45, 7) is 1.35. The molecule has 0 saturated heterocycles. The Morgan fingerprint density at radius 2 is 1.79 bits per heavy atom. The van der Waals surface area contributed by atoms with Crippen LogP contribution in [-0.4, -0.2) is 37.4 Å². The molecule has 0 aliphatic carbocycles. The summed E-state index contributed by atoms with van der Waals surface area (Å²) < 4.78 is 26.2. The summed E-state index contributed by atoms with van der Waals surface area (Å²) in [5, 5.41) is 11.5. The van der Waals surface area contributed by atoms with Crippen molar-refractivity contribution in [2.75, 3.05) is 16.7 Å². The van der Waals surface area contributed by atoms with Gasteiger partial charge in [-0.1, -0.05) is 0 Å². The van der Waals surface area contributed by atoms with E-state index in [1.54, 1.807) is 0 Å². The van der Waals surface area contributed by atoms with Crippen LogP contribution in [0.3, 0.4) is 0 Å². The number of carboxylic acid groups (broad SMARTS) is 1. The molecular formula is C15H15N3O5S. The minimum absolute atomic E-state index is 0.00721. The maximum Gasteiger partial charge on any atom is 0.354 e. The van der Waals surface area contributed by atoms with Crippen molar-refractivity contribution in [3.05, 3.63) is 48.3 Å². The maximum absolute atomic E-state index is 12.6. The summed E-state index contributed by atoms with van der Waals surface area (Å²) in [4.78, 5) is 25.6. The van der Waals surface area contributed by atoms with E-state index < -0.39 is 16.0 Å². The maximum atomic E-state index is 12.6. The Kier molecular flexibility index (Phi) is 4.84. The number of nitrogens with one attached hydrogen (secondary N) is 1. The minimum atomic E-state index is -3.88. The van der Waals surface area contributed by atoms with E-state index in [1.807, 2.05) is 0 Å². The monoisotopic (exact) mass is 349 g/mol. The standard InChI is InChI=1S/C15H15N3O5S/c1-10(19)17-11-3-5-13(6-4-11)24(22,23)18(2)12-7-8-16-14(9-12)15(20)21/h3-9H,1-2H3,(H,17,19)(H,20,21). The Hall–Kier alpha value is -2.94. The number of carboxylic acids is 1. The average Bonchev–Trinajstić information content (AvgIpc) is 2.54. The van der Waals surface area contributed by atoms with Gasteiger partial charge in [-0.05, 0) is 36.4 Å². The van der Waals surface area contributed by atoms with Crippen molar-refractivity contribution in [2.45, 2.75) is 11.8 Å². The predicted molar refractivity (Wildman–Crippen MR) is 87.5 cm³/mol. The second-order valence-corrected chi connectivity index (χ2v) is 6.85. The van der Waals surface area contributed by atoms with Crippen LogP contribution in [0, 0.1) is 0 Å². The Bertz CT molecular complexity index is 878. The summed E-state index contributed by atoms with van der Waals surface area (Å²) >= 11 is 0. The fraction of sp³-hybridized carbons (Fsp3) is 0.133. The van der Waals surface area contributed by atoms with Crippen molar-refractivity contribution in [1.82, 2.24) is 4.98 Å². The molecule has 0 spiro atoms. The van der Waals surface area contributed by atoms with Gasteiger partial charge in [-0.2, -0.15) is 0 Å². The number of anilines is 2. The smallest absolute Gasteiger partial charge is 0.354 e. The third-order valence-electron chi connectivity index (χ3n) is 3.16. The highest BCUT2D eigenvalue weighted by Gasteiger charge is 2.22. The first-order valence-corrected chi connectivity index (χ1v) is 8.22. The van der Waals surface area contributed by atoms with E-state index in [0.29, 0.717) is 5.69 Å². The van der Waals surface area contributed by atoms with Crippen molar-refractivity contribution < 1.29 is 23.1 Å². The molecule has 24 heavy (non-hydrogen) atoms. The lowest BCUT2D eigenvalue weighted by Crippen LogP contribution is -2.26. The molecule has 1 amide bonds. The highest BCUT2D eigenvalue weighted by Crippen LogP contribution is 2.23. The van der Waals surface area contributed by atoms with Gasteiger partial charge in [0.1, 0.15) is 5.69 Å². The largest absolute Gasteiger partial charge is 0.477 e. The molecule has 0 radical (unpaired) electrons. The molecule has 2 aromatic rings. The Morgan fingerprint density at radius 1 is 1.17 bits per heavy atom. The summed E-state index contributed by atoms with van der Waals surface area (Å²) in [5.74, 6) is -1.51. The normalized spacial score (nSPS) is 10.9. The van der Waals surface area contributed by atoms with Gasteiger partial charge in [0.2, 0.25) is 5.91 Å². The van der Waals surface area contributed by atoms with Crippen molar-refractivity contribution in [3.63, 3.8) is 0 Å². The van der Waals surface area contributed by atoms with Crippen LogP contribution in [0.4, 0.5) is 11.4 Å². The molecule has 2 N–H and O–H groups in total. The number of carbonyl (C=O) groups is 2. The quantitative estimate of drug-likeness (QED) is 0.846. The predicted octanol–water partition coefficient (Wildman–Crippen LogP) is 1.56. The average molecular weight is 349 g/mol. The zero-order chi connectivity index (χ0) is 17.9. The summed E-state index contributed by atoms with van der Waals surface area (Å²) in [6.07, 6.45) is 1.23. The van der Waals surface area contributed by atoms with Crippen LogP contribution >= 0.6 is 0 Å². The number of amides is 1.